The number of thiophene rings is 1. The summed E-state index contributed by atoms with van der Waals surface area (Å²) in [5.41, 5.74) is 2.05. The van der Waals surface area contributed by atoms with Crippen LogP contribution in [-0.4, -0.2) is 28.6 Å². The van der Waals surface area contributed by atoms with Crippen LogP contribution >= 0.6 is 11.3 Å². The first-order valence-electron chi connectivity index (χ1n) is 10.1. The Bertz CT molecular complexity index is 1130. The van der Waals surface area contributed by atoms with Crippen molar-refractivity contribution >= 4 is 35.0 Å². The summed E-state index contributed by atoms with van der Waals surface area (Å²) in [7, 11) is 0. The molecule has 0 atom stereocenters. The summed E-state index contributed by atoms with van der Waals surface area (Å²) in [6, 6.07) is 20.6. The molecule has 1 aromatic heterocycles. The maximum atomic E-state index is 13.5. The molecule has 2 N–H and O–H groups in total. The molecule has 1 saturated heterocycles. The van der Waals surface area contributed by atoms with Crippen molar-refractivity contribution < 1.29 is 19.2 Å². The van der Waals surface area contributed by atoms with E-state index in [-0.39, 0.29) is 18.6 Å². The lowest BCUT2D eigenvalue weighted by atomic mass is 9.83. The summed E-state index contributed by atoms with van der Waals surface area (Å²) in [4.78, 5) is 52.6. The lowest BCUT2D eigenvalue weighted by Crippen LogP contribution is -2.49. The Morgan fingerprint density at radius 3 is 2.03 bits per heavy atom. The predicted molar refractivity (Wildman–Crippen MR) is 120 cm³/mol. The minimum atomic E-state index is -1.46. The molecule has 0 saturated carbocycles. The Morgan fingerprint density at radius 1 is 0.906 bits per heavy atom. The summed E-state index contributed by atoms with van der Waals surface area (Å²) in [6.45, 7) is 1.90. The molecule has 32 heavy (non-hydrogen) atoms. The van der Waals surface area contributed by atoms with E-state index in [2.05, 4.69) is 10.7 Å². The third-order valence-corrected chi connectivity index (χ3v) is 6.31. The largest absolute Gasteiger partial charge is 0.344 e. The molecular weight excluding hydrogens is 426 g/mol. The van der Waals surface area contributed by atoms with Crippen LogP contribution in [0.15, 0.2) is 72.8 Å². The van der Waals surface area contributed by atoms with Crippen molar-refractivity contribution in [3.8, 4) is 0 Å². The first kappa shape index (κ1) is 21.5. The molecule has 3 aromatic rings. The van der Waals surface area contributed by atoms with Crippen molar-refractivity contribution in [3.63, 3.8) is 0 Å². The molecule has 8 heteroatoms. The number of ketones is 1. The summed E-state index contributed by atoms with van der Waals surface area (Å²) in [5.74, 6) is -1.36. The first-order chi connectivity index (χ1) is 15.4. The Kier molecular flexibility index (Phi) is 5.87. The van der Waals surface area contributed by atoms with E-state index in [0.717, 1.165) is 4.88 Å². The number of carbonyl (C=O) groups is 4. The van der Waals surface area contributed by atoms with Gasteiger partial charge in [0.05, 0.1) is 4.88 Å². The SMILES string of the molecule is Cc1ccc(C(=O)CCC(=O)NN2C(=O)NC(c3ccccc3)(c3ccccc3)C2=O)s1. The number of hydrogen-bond donors (Lipinski definition) is 2. The van der Waals surface area contributed by atoms with E-state index in [9.17, 15) is 19.2 Å². The lowest BCUT2D eigenvalue weighted by Gasteiger charge is -2.27. The van der Waals surface area contributed by atoms with E-state index in [1.807, 2.05) is 25.1 Å². The summed E-state index contributed by atoms with van der Waals surface area (Å²) < 4.78 is 0. The molecule has 4 amide bonds. The third-order valence-electron chi connectivity index (χ3n) is 5.27. The molecule has 0 spiro atoms. The van der Waals surface area contributed by atoms with Crippen LogP contribution in [0.4, 0.5) is 4.79 Å². The van der Waals surface area contributed by atoms with E-state index in [0.29, 0.717) is 21.0 Å². The van der Waals surface area contributed by atoms with Gasteiger partial charge in [0.25, 0.3) is 5.91 Å². The van der Waals surface area contributed by atoms with Crippen LogP contribution in [-0.2, 0) is 15.1 Å². The number of benzene rings is 2. The molecule has 0 aliphatic carbocycles. The standard InChI is InChI=1S/C24H21N3O4S/c1-16-12-14-20(32-16)19(28)13-15-21(29)26-27-22(30)24(25-23(27)31,17-8-4-2-5-9-17)18-10-6-3-7-11-18/h2-12,14H,13,15H2,1H3,(H,25,31)(H,26,29). The zero-order chi connectivity index (χ0) is 22.7. The summed E-state index contributed by atoms with van der Waals surface area (Å²) in [6.07, 6.45) is -0.158. The Labute approximate surface area is 189 Å². The number of rotatable bonds is 7. The van der Waals surface area contributed by atoms with Gasteiger partial charge in [0, 0.05) is 17.7 Å². The van der Waals surface area contributed by atoms with Gasteiger partial charge in [-0.1, -0.05) is 60.7 Å². The highest BCUT2D eigenvalue weighted by Crippen LogP contribution is 2.35. The molecule has 0 radical (unpaired) electrons. The molecule has 7 nitrogen and oxygen atoms in total. The van der Waals surface area contributed by atoms with Crippen LogP contribution < -0.4 is 10.7 Å². The van der Waals surface area contributed by atoms with Gasteiger partial charge < -0.3 is 5.32 Å². The summed E-state index contributed by atoms with van der Waals surface area (Å²) >= 11 is 1.37. The second-order valence-electron chi connectivity index (χ2n) is 7.42. The van der Waals surface area contributed by atoms with Crippen LogP contribution in [0, 0.1) is 6.92 Å². The van der Waals surface area contributed by atoms with E-state index in [4.69, 9.17) is 0 Å². The van der Waals surface area contributed by atoms with Gasteiger partial charge >= 0.3 is 6.03 Å². The Morgan fingerprint density at radius 2 is 1.50 bits per heavy atom. The normalized spacial score (nSPS) is 14.8. The fourth-order valence-corrected chi connectivity index (χ4v) is 4.52. The average Bonchev–Trinajstić information content (AvgIpc) is 3.36. The fraction of sp³-hybridized carbons (Fsp3) is 0.167. The highest BCUT2D eigenvalue weighted by Gasteiger charge is 2.54. The maximum Gasteiger partial charge on any atom is 0.344 e. The number of nitrogens with zero attached hydrogens (tertiary/aromatic N) is 1. The third kappa shape index (κ3) is 3.92. The van der Waals surface area contributed by atoms with E-state index >= 15 is 0 Å². The van der Waals surface area contributed by atoms with Crippen LogP contribution in [0.5, 0.6) is 0 Å². The maximum absolute atomic E-state index is 13.5. The van der Waals surface area contributed by atoms with Gasteiger partial charge in [0.1, 0.15) is 0 Å². The van der Waals surface area contributed by atoms with Gasteiger partial charge in [-0.15, -0.1) is 11.3 Å². The minimum Gasteiger partial charge on any atom is -0.314 e. The molecule has 4 rings (SSSR count). The van der Waals surface area contributed by atoms with Crippen molar-refractivity contribution in [1.29, 1.82) is 0 Å². The molecule has 1 aliphatic heterocycles. The van der Waals surface area contributed by atoms with Crippen molar-refractivity contribution in [2.75, 3.05) is 0 Å². The van der Waals surface area contributed by atoms with Gasteiger partial charge in [0.15, 0.2) is 11.3 Å². The smallest absolute Gasteiger partial charge is 0.314 e. The quantitative estimate of drug-likeness (QED) is 0.428. The van der Waals surface area contributed by atoms with Gasteiger partial charge in [-0.2, -0.15) is 5.01 Å². The molecule has 2 aromatic carbocycles. The number of carbonyl (C=O) groups excluding carboxylic acids is 4. The molecule has 2 heterocycles. The molecule has 0 unspecified atom stereocenters. The Balaban J connectivity index is 1.53. The number of imide groups is 1. The van der Waals surface area contributed by atoms with Gasteiger partial charge in [-0.05, 0) is 30.2 Å². The second-order valence-corrected chi connectivity index (χ2v) is 8.71. The zero-order valence-electron chi connectivity index (χ0n) is 17.3. The number of amides is 4. The number of urea groups is 1. The predicted octanol–water partition coefficient (Wildman–Crippen LogP) is 3.55. The topological polar surface area (TPSA) is 95.6 Å². The van der Waals surface area contributed by atoms with Gasteiger partial charge in [-0.25, -0.2) is 4.79 Å². The van der Waals surface area contributed by atoms with E-state index < -0.39 is 23.4 Å². The van der Waals surface area contributed by atoms with Crippen LogP contribution in [0.25, 0.3) is 0 Å². The fourth-order valence-electron chi connectivity index (χ4n) is 3.68. The summed E-state index contributed by atoms with van der Waals surface area (Å²) in [5, 5.41) is 3.45. The van der Waals surface area contributed by atoms with E-state index in [1.165, 1.54) is 11.3 Å². The van der Waals surface area contributed by atoms with Crippen LogP contribution in [0.2, 0.25) is 0 Å². The number of aryl methyl sites for hydroxylation is 1. The molecule has 0 bridgehead atoms. The number of hydrazine groups is 1. The van der Waals surface area contributed by atoms with Crippen molar-refractivity contribution in [1.82, 2.24) is 15.8 Å². The highest BCUT2D eigenvalue weighted by atomic mass is 32.1. The van der Waals surface area contributed by atoms with Crippen LogP contribution in [0.3, 0.4) is 0 Å². The van der Waals surface area contributed by atoms with Gasteiger partial charge in [-0.3, -0.25) is 19.8 Å². The minimum absolute atomic E-state index is 0.0159. The zero-order valence-corrected chi connectivity index (χ0v) is 18.1. The van der Waals surface area contributed by atoms with Crippen molar-refractivity contribution in [2.24, 2.45) is 0 Å². The Hall–Kier alpha value is -3.78. The monoisotopic (exact) mass is 447 g/mol. The first-order valence-corrected chi connectivity index (χ1v) is 10.9. The molecule has 162 valence electrons. The number of Topliss-reactive ketones (excluding diaryl/α,β-unsaturated/α-hetero) is 1. The molecule has 1 aliphatic rings. The van der Waals surface area contributed by atoms with E-state index in [1.54, 1.807) is 54.6 Å². The molecular formula is C24H21N3O4S. The highest BCUT2D eigenvalue weighted by molar-refractivity contribution is 7.14. The molecule has 1 fully saturated rings. The van der Waals surface area contributed by atoms with Gasteiger partial charge in [0.2, 0.25) is 5.91 Å². The number of hydrogen-bond acceptors (Lipinski definition) is 5. The second kappa shape index (κ2) is 8.76. The van der Waals surface area contributed by atoms with Crippen molar-refractivity contribution in [3.05, 3.63) is 93.7 Å². The van der Waals surface area contributed by atoms with Crippen molar-refractivity contribution in [2.45, 2.75) is 25.3 Å². The average molecular weight is 448 g/mol. The number of nitrogens with one attached hydrogen (secondary N) is 2. The van der Waals surface area contributed by atoms with Crippen LogP contribution in [0.1, 0.15) is 38.5 Å². The lowest BCUT2D eigenvalue weighted by molar-refractivity contribution is -0.138.